The largest absolute Gasteiger partial charge is 0.496 e. The van der Waals surface area contributed by atoms with Crippen molar-refractivity contribution in [3.05, 3.63) is 28.8 Å². The van der Waals surface area contributed by atoms with Gasteiger partial charge in [0, 0.05) is 18.2 Å². The topological polar surface area (TPSA) is 61.3 Å². The predicted molar refractivity (Wildman–Crippen MR) is 66.2 cm³/mol. The lowest BCUT2D eigenvalue weighted by Crippen LogP contribution is -2.26. The summed E-state index contributed by atoms with van der Waals surface area (Å²) in [6.07, 6.45) is -9.94. The van der Waals surface area contributed by atoms with Crippen LogP contribution in [0.25, 0.3) is 0 Å². The van der Waals surface area contributed by atoms with Gasteiger partial charge in [-0.3, -0.25) is 0 Å². The van der Waals surface area contributed by atoms with Crippen molar-refractivity contribution in [2.75, 3.05) is 13.7 Å². The molecule has 0 amide bonds. The highest BCUT2D eigenvalue weighted by Gasteiger charge is 2.40. The van der Waals surface area contributed by atoms with Gasteiger partial charge in [-0.15, -0.1) is 12.4 Å². The number of benzene rings is 1. The van der Waals surface area contributed by atoms with E-state index in [0.717, 1.165) is 7.11 Å². The zero-order valence-electron chi connectivity index (χ0n) is 10.7. The molecular formula is C11H13ClF6N2O. The number of alkyl halides is 6. The number of hydrogen-bond acceptors (Lipinski definition) is 3. The zero-order chi connectivity index (χ0) is 15.7. The van der Waals surface area contributed by atoms with Crippen LogP contribution in [-0.4, -0.2) is 13.7 Å². The highest BCUT2D eigenvalue weighted by molar-refractivity contribution is 5.85. The Bertz CT molecular complexity index is 489. The first-order chi connectivity index (χ1) is 9.02. The standard InChI is InChI=1S/C11H12F6N2O.ClH/c1-20-8-3-5(10(12,13)14)2-6(11(15,16)17)9(8)7(19)4-18;/h2-3,7H,4,18-19H2,1H3;1H/t7-;/m0./s1. The number of rotatable bonds is 3. The van der Waals surface area contributed by atoms with E-state index in [0.29, 0.717) is 6.07 Å². The first-order valence-corrected chi connectivity index (χ1v) is 5.34. The van der Waals surface area contributed by atoms with Crippen LogP contribution in [0.3, 0.4) is 0 Å². The van der Waals surface area contributed by atoms with E-state index in [9.17, 15) is 26.3 Å². The van der Waals surface area contributed by atoms with E-state index >= 15 is 0 Å². The van der Waals surface area contributed by atoms with E-state index in [1.165, 1.54) is 0 Å². The summed E-state index contributed by atoms with van der Waals surface area (Å²) in [7, 11) is 0.961. The van der Waals surface area contributed by atoms with E-state index < -0.39 is 40.8 Å². The Morgan fingerprint density at radius 1 is 1.10 bits per heavy atom. The van der Waals surface area contributed by atoms with Gasteiger partial charge in [0.15, 0.2) is 0 Å². The molecule has 0 saturated heterocycles. The van der Waals surface area contributed by atoms with E-state index in [2.05, 4.69) is 4.74 Å². The molecule has 0 fully saturated rings. The number of halogens is 7. The average Bonchev–Trinajstić information content (AvgIpc) is 2.33. The highest BCUT2D eigenvalue weighted by atomic mass is 35.5. The summed E-state index contributed by atoms with van der Waals surface area (Å²) in [6, 6.07) is -0.808. The number of ether oxygens (including phenoxy) is 1. The quantitative estimate of drug-likeness (QED) is 0.832. The monoisotopic (exact) mass is 338 g/mol. The Labute approximate surface area is 122 Å². The van der Waals surface area contributed by atoms with E-state index in [1.807, 2.05) is 0 Å². The maximum atomic E-state index is 12.9. The molecule has 0 saturated carbocycles. The predicted octanol–water partition coefficient (Wildman–Crippen LogP) is 3.11. The van der Waals surface area contributed by atoms with Crippen molar-refractivity contribution in [3.63, 3.8) is 0 Å². The molecule has 0 heterocycles. The summed E-state index contributed by atoms with van der Waals surface area (Å²) < 4.78 is 81.2. The van der Waals surface area contributed by atoms with E-state index in [-0.39, 0.29) is 25.0 Å². The normalized spacial score (nSPS) is 13.6. The van der Waals surface area contributed by atoms with E-state index in [4.69, 9.17) is 11.5 Å². The number of methoxy groups -OCH3 is 1. The third-order valence-corrected chi connectivity index (χ3v) is 2.62. The fourth-order valence-electron chi connectivity index (χ4n) is 1.69. The lowest BCUT2D eigenvalue weighted by Gasteiger charge is -2.22. The highest BCUT2D eigenvalue weighted by Crippen LogP contribution is 2.43. The molecule has 0 spiro atoms. The average molecular weight is 339 g/mol. The SMILES string of the molecule is COc1cc(C(F)(F)F)cc(C(F)(F)F)c1[C@@H](N)CN.Cl. The van der Waals surface area contributed by atoms with Crippen molar-refractivity contribution in [3.8, 4) is 5.75 Å². The van der Waals surface area contributed by atoms with Crippen LogP contribution >= 0.6 is 12.4 Å². The third kappa shape index (κ3) is 4.39. The van der Waals surface area contributed by atoms with Gasteiger partial charge in [-0.1, -0.05) is 0 Å². The molecule has 1 rings (SSSR count). The molecule has 21 heavy (non-hydrogen) atoms. The zero-order valence-corrected chi connectivity index (χ0v) is 11.5. The first-order valence-electron chi connectivity index (χ1n) is 5.34. The van der Waals surface area contributed by atoms with Gasteiger partial charge in [-0.25, -0.2) is 0 Å². The number of hydrogen-bond donors (Lipinski definition) is 2. The van der Waals surface area contributed by atoms with Crippen LogP contribution in [-0.2, 0) is 12.4 Å². The molecule has 1 atom stereocenters. The Hall–Kier alpha value is -1.19. The molecule has 3 nitrogen and oxygen atoms in total. The van der Waals surface area contributed by atoms with Crippen LogP contribution < -0.4 is 16.2 Å². The fourth-order valence-corrected chi connectivity index (χ4v) is 1.69. The van der Waals surface area contributed by atoms with Gasteiger partial charge in [0.1, 0.15) is 5.75 Å². The molecule has 1 aromatic carbocycles. The van der Waals surface area contributed by atoms with Crippen LogP contribution in [0.1, 0.15) is 22.7 Å². The Balaban J connectivity index is 0.00000400. The van der Waals surface area contributed by atoms with Crippen LogP contribution in [0.2, 0.25) is 0 Å². The molecule has 0 aromatic heterocycles. The minimum atomic E-state index is -5.00. The Morgan fingerprint density at radius 2 is 1.62 bits per heavy atom. The summed E-state index contributed by atoms with van der Waals surface area (Å²) >= 11 is 0. The van der Waals surface area contributed by atoms with E-state index in [1.54, 1.807) is 0 Å². The lowest BCUT2D eigenvalue weighted by atomic mass is 9.96. The van der Waals surface area contributed by atoms with Crippen molar-refractivity contribution in [2.45, 2.75) is 18.4 Å². The Morgan fingerprint density at radius 3 is 1.95 bits per heavy atom. The second kappa shape index (κ2) is 6.71. The van der Waals surface area contributed by atoms with Crippen molar-refractivity contribution in [1.82, 2.24) is 0 Å². The van der Waals surface area contributed by atoms with Crippen LogP contribution in [0, 0.1) is 0 Å². The molecule has 0 aliphatic heterocycles. The second-order valence-electron chi connectivity index (χ2n) is 3.98. The molecule has 0 bridgehead atoms. The summed E-state index contributed by atoms with van der Waals surface area (Å²) in [5.41, 5.74) is 7.09. The molecule has 4 N–H and O–H groups in total. The van der Waals surface area contributed by atoms with Gasteiger partial charge in [-0.05, 0) is 12.1 Å². The van der Waals surface area contributed by atoms with Crippen molar-refractivity contribution >= 4 is 12.4 Å². The van der Waals surface area contributed by atoms with Crippen molar-refractivity contribution in [2.24, 2.45) is 11.5 Å². The minimum absolute atomic E-state index is 0. The molecule has 122 valence electrons. The first kappa shape index (κ1) is 19.8. The van der Waals surface area contributed by atoms with Crippen molar-refractivity contribution < 1.29 is 31.1 Å². The molecule has 0 aliphatic carbocycles. The molecule has 0 unspecified atom stereocenters. The van der Waals surface area contributed by atoms with Gasteiger partial charge in [0.05, 0.1) is 18.2 Å². The van der Waals surface area contributed by atoms with Crippen LogP contribution in [0.4, 0.5) is 26.3 Å². The van der Waals surface area contributed by atoms with Crippen LogP contribution in [0.5, 0.6) is 5.75 Å². The molecule has 0 aliphatic rings. The van der Waals surface area contributed by atoms with Gasteiger partial charge in [-0.2, -0.15) is 26.3 Å². The van der Waals surface area contributed by atoms with Gasteiger partial charge in [0.25, 0.3) is 0 Å². The van der Waals surface area contributed by atoms with Crippen LogP contribution in [0.15, 0.2) is 12.1 Å². The number of nitrogens with two attached hydrogens (primary N) is 2. The molecule has 10 heteroatoms. The molecular weight excluding hydrogens is 326 g/mol. The van der Waals surface area contributed by atoms with Crippen molar-refractivity contribution in [1.29, 1.82) is 0 Å². The van der Waals surface area contributed by atoms with Gasteiger partial charge < -0.3 is 16.2 Å². The minimum Gasteiger partial charge on any atom is -0.496 e. The second-order valence-corrected chi connectivity index (χ2v) is 3.98. The molecule has 1 aromatic rings. The summed E-state index contributed by atoms with van der Waals surface area (Å²) in [4.78, 5) is 0. The maximum absolute atomic E-state index is 12.9. The molecule has 0 radical (unpaired) electrons. The summed E-state index contributed by atoms with van der Waals surface area (Å²) in [5, 5.41) is 0. The summed E-state index contributed by atoms with van der Waals surface area (Å²) in [6.45, 7) is -0.370. The third-order valence-electron chi connectivity index (χ3n) is 2.62. The van der Waals surface area contributed by atoms with Gasteiger partial charge in [0.2, 0.25) is 0 Å². The smallest absolute Gasteiger partial charge is 0.416 e. The maximum Gasteiger partial charge on any atom is 0.416 e. The lowest BCUT2D eigenvalue weighted by molar-refractivity contribution is -0.143. The van der Waals surface area contributed by atoms with Gasteiger partial charge >= 0.3 is 12.4 Å². The fraction of sp³-hybridized carbons (Fsp3) is 0.455. The Kier molecular flexibility index (Phi) is 6.33. The summed E-state index contributed by atoms with van der Waals surface area (Å²) in [5.74, 6) is -0.592.